The molecule has 1 heterocycles. The highest BCUT2D eigenvalue weighted by Gasteiger charge is 2.17. The summed E-state index contributed by atoms with van der Waals surface area (Å²) in [5.74, 6) is -0.109. The lowest BCUT2D eigenvalue weighted by Gasteiger charge is -2.05. The van der Waals surface area contributed by atoms with E-state index in [1.807, 2.05) is 11.4 Å². The number of nitrogens with two attached hydrogens (primary N) is 1. The molecule has 0 atom stereocenters. The fourth-order valence-corrected chi connectivity index (χ4v) is 2.99. The zero-order chi connectivity index (χ0) is 11.7. The molecule has 0 saturated carbocycles. The summed E-state index contributed by atoms with van der Waals surface area (Å²) in [6.45, 7) is 0. The summed E-state index contributed by atoms with van der Waals surface area (Å²) in [6, 6.07) is 6.89. The fourth-order valence-electron chi connectivity index (χ4n) is 1.31. The SMILES string of the molecule is Nc1c(Cl)cccc1C(=O)c1sccc1Br. The van der Waals surface area contributed by atoms with Gasteiger partial charge in [-0.2, -0.15) is 0 Å². The van der Waals surface area contributed by atoms with Gasteiger partial charge in [0.05, 0.1) is 15.6 Å². The minimum absolute atomic E-state index is 0.109. The Balaban J connectivity index is 2.50. The van der Waals surface area contributed by atoms with E-state index >= 15 is 0 Å². The Kier molecular flexibility index (Phi) is 3.33. The number of thiophene rings is 1. The van der Waals surface area contributed by atoms with Gasteiger partial charge < -0.3 is 5.73 Å². The van der Waals surface area contributed by atoms with Crippen LogP contribution in [0.15, 0.2) is 34.1 Å². The number of para-hydroxylation sites is 1. The molecule has 2 N–H and O–H groups in total. The van der Waals surface area contributed by atoms with Crippen molar-refractivity contribution in [2.45, 2.75) is 0 Å². The van der Waals surface area contributed by atoms with Gasteiger partial charge in [0.1, 0.15) is 0 Å². The first-order valence-electron chi connectivity index (χ1n) is 4.43. The second kappa shape index (κ2) is 4.57. The maximum atomic E-state index is 12.1. The van der Waals surface area contributed by atoms with Crippen molar-refractivity contribution in [2.24, 2.45) is 0 Å². The monoisotopic (exact) mass is 315 g/mol. The number of benzene rings is 1. The third-order valence-electron chi connectivity index (χ3n) is 2.12. The van der Waals surface area contributed by atoms with E-state index in [0.29, 0.717) is 21.2 Å². The van der Waals surface area contributed by atoms with Gasteiger partial charge in [-0.25, -0.2) is 0 Å². The molecule has 0 aliphatic rings. The molecule has 0 unspecified atom stereocenters. The Morgan fingerprint density at radius 1 is 1.38 bits per heavy atom. The van der Waals surface area contributed by atoms with Crippen LogP contribution in [0.4, 0.5) is 5.69 Å². The number of hydrogen-bond acceptors (Lipinski definition) is 3. The van der Waals surface area contributed by atoms with Crippen LogP contribution in [0.2, 0.25) is 5.02 Å². The van der Waals surface area contributed by atoms with Crippen LogP contribution in [0.3, 0.4) is 0 Å². The summed E-state index contributed by atoms with van der Waals surface area (Å²) >= 11 is 10.6. The average Bonchev–Trinajstić information content (AvgIpc) is 2.68. The van der Waals surface area contributed by atoms with Gasteiger partial charge in [0.25, 0.3) is 0 Å². The topological polar surface area (TPSA) is 43.1 Å². The van der Waals surface area contributed by atoms with E-state index in [9.17, 15) is 4.79 Å². The lowest BCUT2D eigenvalue weighted by atomic mass is 10.1. The van der Waals surface area contributed by atoms with Crippen molar-refractivity contribution in [3.63, 3.8) is 0 Å². The van der Waals surface area contributed by atoms with E-state index in [-0.39, 0.29) is 5.78 Å². The highest BCUT2D eigenvalue weighted by Crippen LogP contribution is 2.29. The van der Waals surface area contributed by atoms with Gasteiger partial charge in [-0.05, 0) is 39.5 Å². The molecule has 2 rings (SSSR count). The van der Waals surface area contributed by atoms with Gasteiger partial charge in [-0.15, -0.1) is 11.3 Å². The third-order valence-corrected chi connectivity index (χ3v) is 4.29. The molecule has 2 nitrogen and oxygen atoms in total. The Morgan fingerprint density at radius 2 is 2.12 bits per heavy atom. The number of anilines is 1. The molecule has 1 aromatic heterocycles. The van der Waals surface area contributed by atoms with E-state index in [1.54, 1.807) is 18.2 Å². The van der Waals surface area contributed by atoms with Crippen LogP contribution < -0.4 is 5.73 Å². The lowest BCUT2D eigenvalue weighted by Crippen LogP contribution is -2.04. The summed E-state index contributed by atoms with van der Waals surface area (Å²) < 4.78 is 0.780. The molecule has 0 aliphatic heterocycles. The van der Waals surface area contributed by atoms with E-state index in [1.165, 1.54) is 11.3 Å². The van der Waals surface area contributed by atoms with Gasteiger partial charge in [0.2, 0.25) is 5.78 Å². The molecule has 0 radical (unpaired) electrons. The first-order valence-corrected chi connectivity index (χ1v) is 6.48. The number of ketones is 1. The zero-order valence-electron chi connectivity index (χ0n) is 8.04. The van der Waals surface area contributed by atoms with Crippen LogP contribution in [-0.2, 0) is 0 Å². The summed E-state index contributed by atoms with van der Waals surface area (Å²) in [5.41, 5.74) is 6.54. The second-order valence-electron chi connectivity index (χ2n) is 3.13. The molecule has 2 aromatic rings. The standard InChI is InChI=1S/C11H7BrClNOS/c12-7-4-5-16-11(7)10(15)6-2-1-3-8(13)9(6)14/h1-5H,14H2. The minimum Gasteiger partial charge on any atom is -0.397 e. The van der Waals surface area contributed by atoms with Crippen molar-refractivity contribution >= 4 is 50.3 Å². The van der Waals surface area contributed by atoms with Crippen molar-refractivity contribution in [1.29, 1.82) is 0 Å². The Labute approximate surface area is 110 Å². The van der Waals surface area contributed by atoms with Crippen molar-refractivity contribution in [3.05, 3.63) is 49.6 Å². The zero-order valence-corrected chi connectivity index (χ0v) is 11.2. The minimum atomic E-state index is -0.109. The van der Waals surface area contributed by atoms with Crippen molar-refractivity contribution in [1.82, 2.24) is 0 Å². The molecular formula is C11H7BrClNOS. The molecule has 82 valence electrons. The second-order valence-corrected chi connectivity index (χ2v) is 5.31. The van der Waals surface area contributed by atoms with Gasteiger partial charge in [-0.1, -0.05) is 17.7 Å². The predicted molar refractivity (Wildman–Crippen MR) is 71.3 cm³/mol. The molecule has 0 saturated heterocycles. The summed E-state index contributed by atoms with van der Waals surface area (Å²) in [4.78, 5) is 12.8. The normalized spacial score (nSPS) is 10.4. The van der Waals surface area contributed by atoms with Gasteiger partial charge >= 0.3 is 0 Å². The number of nitrogen functional groups attached to an aromatic ring is 1. The highest BCUT2D eigenvalue weighted by atomic mass is 79.9. The molecule has 5 heteroatoms. The van der Waals surface area contributed by atoms with Gasteiger partial charge in [0.15, 0.2) is 0 Å². The lowest BCUT2D eigenvalue weighted by molar-refractivity contribution is 0.104. The quantitative estimate of drug-likeness (QED) is 0.673. The van der Waals surface area contributed by atoms with E-state index in [0.717, 1.165) is 4.47 Å². The Hall–Kier alpha value is -0.840. The molecule has 1 aromatic carbocycles. The molecule has 16 heavy (non-hydrogen) atoms. The van der Waals surface area contributed by atoms with E-state index in [2.05, 4.69) is 15.9 Å². The Bertz CT molecular complexity index is 553. The molecule has 0 spiro atoms. The maximum absolute atomic E-state index is 12.1. The van der Waals surface area contributed by atoms with Crippen LogP contribution in [0.5, 0.6) is 0 Å². The van der Waals surface area contributed by atoms with E-state index < -0.39 is 0 Å². The fraction of sp³-hybridized carbons (Fsp3) is 0. The van der Waals surface area contributed by atoms with E-state index in [4.69, 9.17) is 17.3 Å². The number of hydrogen-bond donors (Lipinski definition) is 1. The molecule has 0 bridgehead atoms. The van der Waals surface area contributed by atoms with Crippen LogP contribution in [0.1, 0.15) is 15.2 Å². The number of carbonyl (C=O) groups excluding carboxylic acids is 1. The maximum Gasteiger partial charge on any atom is 0.206 e. The molecule has 0 aliphatic carbocycles. The molecule has 0 amide bonds. The molecule has 0 fully saturated rings. The first-order chi connectivity index (χ1) is 7.61. The largest absolute Gasteiger partial charge is 0.397 e. The van der Waals surface area contributed by atoms with Crippen molar-refractivity contribution in [3.8, 4) is 0 Å². The van der Waals surface area contributed by atoms with Gasteiger partial charge in [0, 0.05) is 10.0 Å². The third kappa shape index (κ3) is 2.00. The summed E-state index contributed by atoms with van der Waals surface area (Å²) in [5, 5.41) is 2.25. The Morgan fingerprint density at radius 3 is 2.75 bits per heavy atom. The van der Waals surface area contributed by atoms with Crippen LogP contribution >= 0.6 is 38.9 Å². The number of rotatable bonds is 2. The summed E-state index contributed by atoms with van der Waals surface area (Å²) in [6.07, 6.45) is 0. The summed E-state index contributed by atoms with van der Waals surface area (Å²) in [7, 11) is 0. The average molecular weight is 317 g/mol. The van der Waals surface area contributed by atoms with Crippen molar-refractivity contribution in [2.75, 3.05) is 5.73 Å². The van der Waals surface area contributed by atoms with Crippen LogP contribution in [-0.4, -0.2) is 5.78 Å². The first kappa shape index (κ1) is 11.6. The number of halogens is 2. The highest BCUT2D eigenvalue weighted by molar-refractivity contribution is 9.10. The molecular weight excluding hydrogens is 310 g/mol. The van der Waals surface area contributed by atoms with Crippen LogP contribution in [0.25, 0.3) is 0 Å². The number of carbonyl (C=O) groups is 1. The van der Waals surface area contributed by atoms with Gasteiger partial charge in [-0.3, -0.25) is 4.79 Å². The predicted octanol–water partition coefficient (Wildman–Crippen LogP) is 3.98. The van der Waals surface area contributed by atoms with Crippen LogP contribution in [0, 0.1) is 0 Å². The smallest absolute Gasteiger partial charge is 0.206 e. The van der Waals surface area contributed by atoms with Crippen molar-refractivity contribution < 1.29 is 4.79 Å².